The molecule has 0 heterocycles. The van der Waals surface area contributed by atoms with Crippen LogP contribution < -0.4 is 4.74 Å². The molecular weight excluding hydrogens is 354 g/mol. The fraction of sp³-hybridized carbons (Fsp3) is 0.143. The number of halogens is 4. The maximum atomic E-state index is 13.7. The predicted molar refractivity (Wildman–Crippen MR) is 79.8 cm³/mol. The molecule has 2 rings (SSSR count). The summed E-state index contributed by atoms with van der Waals surface area (Å²) in [6, 6.07) is 9.92. The third-order valence-corrected chi connectivity index (χ3v) is 3.79. The Balaban J connectivity index is 2.12. The van der Waals surface area contributed by atoms with Crippen LogP contribution in [0.1, 0.15) is 11.1 Å². The number of benzene rings is 2. The second kappa shape index (κ2) is 6.60. The van der Waals surface area contributed by atoms with Gasteiger partial charge in [-0.2, -0.15) is 0 Å². The van der Waals surface area contributed by atoms with Crippen molar-refractivity contribution in [2.75, 3.05) is 0 Å². The molecule has 0 amide bonds. The van der Waals surface area contributed by atoms with Gasteiger partial charge >= 0.3 is 0 Å². The molecule has 0 radical (unpaired) electrons. The highest BCUT2D eigenvalue weighted by Gasteiger charge is 2.07. The van der Waals surface area contributed by atoms with Crippen molar-refractivity contribution in [3.63, 3.8) is 0 Å². The van der Waals surface area contributed by atoms with Crippen LogP contribution in [-0.2, 0) is 11.9 Å². The first-order chi connectivity index (χ1) is 9.10. The Morgan fingerprint density at radius 1 is 1.11 bits per heavy atom. The summed E-state index contributed by atoms with van der Waals surface area (Å²) >= 11 is 15.2. The minimum atomic E-state index is -0.393. The van der Waals surface area contributed by atoms with Gasteiger partial charge in [-0.25, -0.2) is 4.39 Å². The molecule has 0 aliphatic carbocycles. The van der Waals surface area contributed by atoms with Crippen molar-refractivity contribution < 1.29 is 9.13 Å². The molecule has 0 atom stereocenters. The quantitative estimate of drug-likeness (QED) is 0.642. The molecule has 1 nitrogen and oxygen atoms in total. The van der Waals surface area contributed by atoms with Crippen LogP contribution in [0.3, 0.4) is 0 Å². The predicted octanol–water partition coefficient (Wildman–Crippen LogP) is 5.61. The third kappa shape index (κ3) is 3.85. The van der Waals surface area contributed by atoms with Crippen LogP contribution in [0.5, 0.6) is 5.75 Å². The summed E-state index contributed by atoms with van der Waals surface area (Å²) in [5.41, 5.74) is 1.57. The summed E-state index contributed by atoms with van der Waals surface area (Å²) in [7, 11) is 0. The van der Waals surface area contributed by atoms with Gasteiger partial charge in [-0.3, -0.25) is 0 Å². The number of hydrogen-bond acceptors (Lipinski definition) is 1. The molecule has 0 saturated carbocycles. The van der Waals surface area contributed by atoms with Crippen molar-refractivity contribution in [3.8, 4) is 5.75 Å². The lowest BCUT2D eigenvalue weighted by Gasteiger charge is -2.09. The van der Waals surface area contributed by atoms with E-state index in [0.29, 0.717) is 15.4 Å². The molecule has 0 bridgehead atoms. The first-order valence-corrected chi connectivity index (χ1v) is 7.39. The van der Waals surface area contributed by atoms with Crippen LogP contribution in [0, 0.1) is 5.82 Å². The Morgan fingerprint density at radius 2 is 1.89 bits per heavy atom. The first-order valence-electron chi connectivity index (χ1n) is 5.51. The molecule has 2 aromatic rings. The summed E-state index contributed by atoms with van der Waals surface area (Å²) in [4.78, 5) is 0. The van der Waals surface area contributed by atoms with Crippen molar-refractivity contribution in [2.24, 2.45) is 0 Å². The third-order valence-electron chi connectivity index (χ3n) is 2.54. The molecule has 0 saturated heterocycles. The number of rotatable bonds is 4. The summed E-state index contributed by atoms with van der Waals surface area (Å²) in [5.74, 6) is -0.198. The zero-order valence-corrected chi connectivity index (χ0v) is 12.9. The average Bonchev–Trinajstić information content (AvgIpc) is 2.40. The molecule has 100 valence electrons. The van der Waals surface area contributed by atoms with Gasteiger partial charge in [0.2, 0.25) is 0 Å². The molecule has 0 aliphatic heterocycles. The van der Waals surface area contributed by atoms with Gasteiger partial charge in [0.15, 0.2) is 11.6 Å². The SMILES string of the molecule is Fc1cc(CBr)ccc1OCc1cc(Cl)ccc1Cl. The molecule has 0 unspecified atom stereocenters. The zero-order chi connectivity index (χ0) is 13.8. The molecule has 0 aliphatic rings. The van der Waals surface area contributed by atoms with E-state index < -0.39 is 5.82 Å². The van der Waals surface area contributed by atoms with Crippen molar-refractivity contribution in [2.45, 2.75) is 11.9 Å². The largest absolute Gasteiger partial charge is 0.486 e. The average molecular weight is 364 g/mol. The van der Waals surface area contributed by atoms with Crippen molar-refractivity contribution >= 4 is 39.1 Å². The van der Waals surface area contributed by atoms with E-state index in [2.05, 4.69) is 15.9 Å². The topological polar surface area (TPSA) is 9.23 Å². The van der Waals surface area contributed by atoms with Crippen LogP contribution in [0.4, 0.5) is 4.39 Å². The van der Waals surface area contributed by atoms with Crippen molar-refractivity contribution in [3.05, 3.63) is 63.4 Å². The molecule has 0 spiro atoms. The van der Waals surface area contributed by atoms with E-state index in [4.69, 9.17) is 27.9 Å². The molecule has 2 aromatic carbocycles. The molecule has 0 aromatic heterocycles. The Bertz CT molecular complexity index is 590. The molecule has 19 heavy (non-hydrogen) atoms. The van der Waals surface area contributed by atoms with Crippen LogP contribution in [0.25, 0.3) is 0 Å². The molecule has 0 fully saturated rings. The highest BCUT2D eigenvalue weighted by atomic mass is 79.9. The summed E-state index contributed by atoms with van der Waals surface area (Å²) in [6.45, 7) is 0.171. The maximum absolute atomic E-state index is 13.7. The summed E-state index contributed by atoms with van der Waals surface area (Å²) in [5, 5.41) is 1.71. The molecule has 0 N–H and O–H groups in total. The fourth-order valence-corrected chi connectivity index (χ4v) is 2.27. The van der Waals surface area contributed by atoms with Gasteiger partial charge < -0.3 is 4.74 Å². The summed E-state index contributed by atoms with van der Waals surface area (Å²) in [6.07, 6.45) is 0. The van der Waals surface area contributed by atoms with Gasteiger partial charge in [0.25, 0.3) is 0 Å². The van der Waals surface area contributed by atoms with Gasteiger partial charge in [0.05, 0.1) is 0 Å². The highest BCUT2D eigenvalue weighted by molar-refractivity contribution is 9.08. The van der Waals surface area contributed by atoms with Crippen molar-refractivity contribution in [1.29, 1.82) is 0 Å². The van der Waals surface area contributed by atoms with E-state index in [9.17, 15) is 4.39 Å². The second-order valence-corrected chi connectivity index (χ2v) is 5.33. The van der Waals surface area contributed by atoms with E-state index in [1.54, 1.807) is 30.3 Å². The van der Waals surface area contributed by atoms with Gasteiger partial charge in [0.1, 0.15) is 6.61 Å². The van der Waals surface area contributed by atoms with E-state index in [0.717, 1.165) is 11.1 Å². The van der Waals surface area contributed by atoms with E-state index in [1.807, 2.05) is 0 Å². The van der Waals surface area contributed by atoms with E-state index in [1.165, 1.54) is 6.07 Å². The van der Waals surface area contributed by atoms with Crippen molar-refractivity contribution in [1.82, 2.24) is 0 Å². The molecule has 5 heteroatoms. The Kier molecular flexibility index (Phi) is 5.08. The lowest BCUT2D eigenvalue weighted by Crippen LogP contribution is -1.98. The molecular formula is C14H10BrCl2FO. The Labute approximate surface area is 129 Å². The fourth-order valence-electron chi connectivity index (χ4n) is 1.55. The number of ether oxygens (including phenoxy) is 1. The second-order valence-electron chi connectivity index (χ2n) is 3.92. The normalized spacial score (nSPS) is 10.5. The highest BCUT2D eigenvalue weighted by Crippen LogP contribution is 2.24. The van der Waals surface area contributed by atoms with Crippen LogP contribution in [-0.4, -0.2) is 0 Å². The van der Waals surface area contributed by atoms with Crippen LogP contribution >= 0.6 is 39.1 Å². The summed E-state index contributed by atoms with van der Waals surface area (Å²) < 4.78 is 19.1. The maximum Gasteiger partial charge on any atom is 0.165 e. The van der Waals surface area contributed by atoms with Gasteiger partial charge in [-0.05, 0) is 35.9 Å². The Hall–Kier alpha value is -0.770. The number of alkyl halides is 1. The number of hydrogen-bond donors (Lipinski definition) is 0. The minimum Gasteiger partial charge on any atom is -0.486 e. The Morgan fingerprint density at radius 3 is 2.58 bits per heavy atom. The monoisotopic (exact) mass is 362 g/mol. The lowest BCUT2D eigenvalue weighted by molar-refractivity contribution is 0.290. The first kappa shape index (κ1) is 14.6. The van der Waals surface area contributed by atoms with Gasteiger partial charge in [-0.1, -0.05) is 45.2 Å². The minimum absolute atomic E-state index is 0.171. The van der Waals surface area contributed by atoms with Gasteiger partial charge in [0, 0.05) is 20.9 Å². The van der Waals surface area contributed by atoms with Gasteiger partial charge in [-0.15, -0.1) is 0 Å². The smallest absolute Gasteiger partial charge is 0.165 e. The van der Waals surface area contributed by atoms with Crippen LogP contribution in [0.15, 0.2) is 36.4 Å². The lowest BCUT2D eigenvalue weighted by atomic mass is 10.2. The standard InChI is InChI=1S/C14H10BrCl2FO/c15-7-9-1-4-14(13(18)5-9)19-8-10-6-11(16)2-3-12(10)17/h1-6H,7-8H2. The van der Waals surface area contributed by atoms with E-state index in [-0.39, 0.29) is 12.4 Å². The zero-order valence-electron chi connectivity index (χ0n) is 9.80. The van der Waals surface area contributed by atoms with Crippen LogP contribution in [0.2, 0.25) is 10.0 Å². The van der Waals surface area contributed by atoms with E-state index >= 15 is 0 Å².